The minimum atomic E-state index is -1.15. The van der Waals surface area contributed by atoms with Gasteiger partial charge in [-0.25, -0.2) is 0 Å². The minimum Gasteiger partial charge on any atom is -0.508 e. The molecule has 20 heavy (non-hydrogen) atoms. The smallest absolute Gasteiger partial charge is 0.169 e. The lowest BCUT2D eigenvalue weighted by molar-refractivity contribution is 0.0409. The number of hydrogen-bond donors (Lipinski definition) is 4. The molecular weight excluding hydrogens is 260 g/mol. The molecule has 0 saturated carbocycles. The summed E-state index contributed by atoms with van der Waals surface area (Å²) < 4.78 is 0. The van der Waals surface area contributed by atoms with Gasteiger partial charge in [0.1, 0.15) is 17.2 Å². The van der Waals surface area contributed by atoms with Crippen LogP contribution in [0.25, 0.3) is 10.8 Å². The quantitative estimate of drug-likeness (QED) is 0.587. The lowest BCUT2D eigenvalue weighted by Crippen LogP contribution is -2.35. The third-order valence-corrected chi connectivity index (χ3v) is 3.65. The molecule has 5 heteroatoms. The predicted molar refractivity (Wildman–Crippen MR) is 72.2 cm³/mol. The lowest BCUT2D eigenvalue weighted by atomic mass is 9.79. The van der Waals surface area contributed by atoms with Crippen molar-refractivity contribution in [1.29, 1.82) is 0 Å². The topological polar surface area (TPSA) is 98.0 Å². The normalized spacial score (nSPS) is 22.0. The number of ketones is 1. The molecule has 1 atom stereocenters. The number of aliphatic hydroxyl groups is 1. The van der Waals surface area contributed by atoms with E-state index in [-0.39, 0.29) is 46.8 Å². The maximum atomic E-state index is 12.1. The first-order valence-electron chi connectivity index (χ1n) is 6.24. The highest BCUT2D eigenvalue weighted by atomic mass is 16.3. The van der Waals surface area contributed by atoms with Crippen molar-refractivity contribution < 1.29 is 25.2 Å². The van der Waals surface area contributed by atoms with Crippen LogP contribution in [-0.4, -0.2) is 31.8 Å². The van der Waals surface area contributed by atoms with E-state index in [2.05, 4.69) is 0 Å². The number of fused-ring (bicyclic) bond motifs is 2. The lowest BCUT2D eigenvalue weighted by Gasteiger charge is -2.29. The Labute approximate surface area is 114 Å². The summed E-state index contributed by atoms with van der Waals surface area (Å²) in [7, 11) is 0. The zero-order chi connectivity index (χ0) is 14.7. The number of phenolic OH excluding ortho intramolecular Hbond substituents is 3. The molecule has 4 N–H and O–H groups in total. The van der Waals surface area contributed by atoms with Crippen molar-refractivity contribution in [1.82, 2.24) is 0 Å². The summed E-state index contributed by atoms with van der Waals surface area (Å²) in [5.74, 6) is -1.08. The zero-order valence-corrected chi connectivity index (χ0v) is 10.8. The van der Waals surface area contributed by atoms with Gasteiger partial charge < -0.3 is 20.4 Å². The summed E-state index contributed by atoms with van der Waals surface area (Å²) in [4.78, 5) is 12.1. The third-order valence-electron chi connectivity index (χ3n) is 3.65. The standard InChI is InChI=1S/C15H14O5/c1-15(20)5-8-2-7-3-9(16)4-10(17)12(7)14(19)13(8)11(18)6-15/h2-4,16-17,19-20H,5-6H2,1H3. The number of Topliss-reactive ketones (excluding diaryl/α,β-unsaturated/α-hetero) is 1. The number of aromatic hydroxyl groups is 3. The van der Waals surface area contributed by atoms with Crippen LogP contribution >= 0.6 is 0 Å². The van der Waals surface area contributed by atoms with Crippen LogP contribution in [0, 0.1) is 0 Å². The molecule has 0 spiro atoms. The van der Waals surface area contributed by atoms with Crippen molar-refractivity contribution in [3.05, 3.63) is 29.3 Å². The first-order valence-corrected chi connectivity index (χ1v) is 6.24. The molecule has 0 radical (unpaired) electrons. The Morgan fingerprint density at radius 2 is 1.80 bits per heavy atom. The second-order valence-electron chi connectivity index (χ2n) is 5.60. The van der Waals surface area contributed by atoms with Gasteiger partial charge in [-0.05, 0) is 30.0 Å². The van der Waals surface area contributed by atoms with Crippen molar-refractivity contribution >= 4 is 16.6 Å². The Balaban J connectivity index is 2.38. The number of benzene rings is 2. The highest BCUT2D eigenvalue weighted by molar-refractivity contribution is 6.09. The Morgan fingerprint density at radius 3 is 2.50 bits per heavy atom. The highest BCUT2D eigenvalue weighted by Crippen LogP contribution is 2.43. The minimum absolute atomic E-state index is 0.0715. The second kappa shape index (κ2) is 3.86. The second-order valence-corrected chi connectivity index (χ2v) is 5.60. The average Bonchev–Trinajstić information content (AvgIpc) is 2.24. The zero-order valence-electron chi connectivity index (χ0n) is 10.8. The van der Waals surface area contributed by atoms with Gasteiger partial charge in [-0.3, -0.25) is 4.79 Å². The van der Waals surface area contributed by atoms with E-state index in [0.29, 0.717) is 10.9 Å². The van der Waals surface area contributed by atoms with Crippen molar-refractivity contribution in [3.63, 3.8) is 0 Å². The van der Waals surface area contributed by atoms with Crippen LogP contribution < -0.4 is 0 Å². The van der Waals surface area contributed by atoms with Crippen LogP contribution in [0.2, 0.25) is 0 Å². The SMILES string of the molecule is CC1(O)CC(=O)c2c(cc3cc(O)cc(O)c3c2O)C1. The molecule has 0 aromatic heterocycles. The van der Waals surface area contributed by atoms with E-state index < -0.39 is 5.60 Å². The van der Waals surface area contributed by atoms with Gasteiger partial charge in [0, 0.05) is 18.9 Å². The van der Waals surface area contributed by atoms with E-state index in [9.17, 15) is 25.2 Å². The maximum Gasteiger partial charge on any atom is 0.169 e. The highest BCUT2D eigenvalue weighted by Gasteiger charge is 2.35. The molecule has 1 unspecified atom stereocenters. The first-order chi connectivity index (χ1) is 9.28. The van der Waals surface area contributed by atoms with E-state index in [1.807, 2.05) is 0 Å². The van der Waals surface area contributed by atoms with Gasteiger partial charge in [-0.1, -0.05) is 0 Å². The van der Waals surface area contributed by atoms with Crippen LogP contribution in [0.1, 0.15) is 29.3 Å². The van der Waals surface area contributed by atoms with E-state index in [4.69, 9.17) is 0 Å². The van der Waals surface area contributed by atoms with Crippen LogP contribution in [0.3, 0.4) is 0 Å². The van der Waals surface area contributed by atoms with Gasteiger partial charge in [0.05, 0.1) is 16.6 Å². The van der Waals surface area contributed by atoms with E-state index in [1.165, 1.54) is 6.07 Å². The van der Waals surface area contributed by atoms with E-state index >= 15 is 0 Å². The molecule has 104 valence electrons. The van der Waals surface area contributed by atoms with Gasteiger partial charge in [-0.15, -0.1) is 0 Å². The number of phenols is 3. The summed E-state index contributed by atoms with van der Waals surface area (Å²) in [6.45, 7) is 1.56. The molecule has 2 aromatic rings. The van der Waals surface area contributed by atoms with Crippen molar-refractivity contribution in [2.75, 3.05) is 0 Å². The molecular formula is C15H14O5. The molecule has 0 aliphatic heterocycles. The molecule has 0 saturated heterocycles. The fourth-order valence-electron chi connectivity index (χ4n) is 2.90. The third kappa shape index (κ3) is 1.78. The molecule has 0 heterocycles. The first kappa shape index (κ1) is 12.7. The number of hydrogen-bond acceptors (Lipinski definition) is 5. The monoisotopic (exact) mass is 274 g/mol. The molecule has 0 amide bonds. The van der Waals surface area contributed by atoms with Crippen molar-refractivity contribution in [3.8, 4) is 17.2 Å². The Hall–Kier alpha value is -2.27. The summed E-state index contributed by atoms with van der Waals surface area (Å²) in [6.07, 6.45) is 0.159. The summed E-state index contributed by atoms with van der Waals surface area (Å²) in [5.41, 5.74) is -0.491. The molecule has 3 rings (SSSR count). The fraction of sp³-hybridized carbons (Fsp3) is 0.267. The fourth-order valence-corrected chi connectivity index (χ4v) is 2.90. The number of carbonyl (C=O) groups excluding carboxylic acids is 1. The van der Waals surface area contributed by atoms with Gasteiger partial charge >= 0.3 is 0 Å². The molecule has 5 nitrogen and oxygen atoms in total. The summed E-state index contributed by atoms with van der Waals surface area (Å²) in [5, 5.41) is 40.2. The van der Waals surface area contributed by atoms with Gasteiger partial charge in [0.2, 0.25) is 0 Å². The van der Waals surface area contributed by atoms with Crippen LogP contribution in [0.5, 0.6) is 17.2 Å². The Kier molecular flexibility index (Phi) is 2.46. The Bertz CT molecular complexity index is 746. The van der Waals surface area contributed by atoms with Gasteiger partial charge in [0.15, 0.2) is 5.78 Å². The van der Waals surface area contributed by atoms with Gasteiger partial charge in [0.25, 0.3) is 0 Å². The summed E-state index contributed by atoms with van der Waals surface area (Å²) in [6, 6.07) is 4.11. The van der Waals surface area contributed by atoms with Crippen LogP contribution in [0.4, 0.5) is 0 Å². The molecule has 0 bridgehead atoms. The predicted octanol–water partition coefficient (Wildman–Crippen LogP) is 1.84. The largest absolute Gasteiger partial charge is 0.508 e. The summed E-state index contributed by atoms with van der Waals surface area (Å²) >= 11 is 0. The molecule has 1 aliphatic rings. The Morgan fingerprint density at radius 1 is 1.10 bits per heavy atom. The van der Waals surface area contributed by atoms with Crippen LogP contribution in [-0.2, 0) is 6.42 Å². The van der Waals surface area contributed by atoms with Crippen molar-refractivity contribution in [2.24, 2.45) is 0 Å². The van der Waals surface area contributed by atoms with E-state index in [0.717, 1.165) is 6.07 Å². The van der Waals surface area contributed by atoms with Crippen molar-refractivity contribution in [2.45, 2.75) is 25.4 Å². The van der Waals surface area contributed by atoms with Gasteiger partial charge in [-0.2, -0.15) is 0 Å². The van der Waals surface area contributed by atoms with Crippen LogP contribution in [0.15, 0.2) is 18.2 Å². The average molecular weight is 274 g/mol. The molecule has 2 aromatic carbocycles. The molecule has 1 aliphatic carbocycles. The molecule has 0 fully saturated rings. The number of rotatable bonds is 0. The maximum absolute atomic E-state index is 12.1. The van der Waals surface area contributed by atoms with E-state index in [1.54, 1.807) is 13.0 Å². The number of carbonyl (C=O) groups is 1.